The molecule has 1 atom stereocenters. The number of anilines is 1. The smallest absolute Gasteiger partial charge is 0.225 e. The third kappa shape index (κ3) is 4.75. The monoisotopic (exact) mass is 254 g/mol. The van der Waals surface area contributed by atoms with E-state index in [1.807, 2.05) is 39.0 Å². The minimum absolute atomic E-state index is 0.0239. The standard InChI is InChI=1S/C13H19ClN2O/c1-4-15-10(3)8-13(17)16-12-6-5-9(2)7-11(12)14/h5-7,10,15H,4,8H2,1-3H3,(H,16,17). The van der Waals surface area contributed by atoms with Gasteiger partial charge in [-0.25, -0.2) is 0 Å². The van der Waals surface area contributed by atoms with E-state index in [2.05, 4.69) is 10.6 Å². The summed E-state index contributed by atoms with van der Waals surface area (Å²) in [5.41, 5.74) is 1.75. The number of amides is 1. The van der Waals surface area contributed by atoms with Gasteiger partial charge >= 0.3 is 0 Å². The first-order valence-electron chi connectivity index (χ1n) is 5.82. The quantitative estimate of drug-likeness (QED) is 0.848. The van der Waals surface area contributed by atoms with Gasteiger partial charge in [0.05, 0.1) is 10.7 Å². The maximum absolute atomic E-state index is 11.7. The lowest BCUT2D eigenvalue weighted by molar-refractivity contribution is -0.116. The van der Waals surface area contributed by atoms with Gasteiger partial charge in [-0.3, -0.25) is 4.79 Å². The predicted molar refractivity (Wildman–Crippen MR) is 72.6 cm³/mol. The topological polar surface area (TPSA) is 41.1 Å². The summed E-state index contributed by atoms with van der Waals surface area (Å²) in [6, 6.07) is 5.76. The van der Waals surface area contributed by atoms with Gasteiger partial charge in [-0.1, -0.05) is 24.6 Å². The van der Waals surface area contributed by atoms with Gasteiger partial charge in [0.15, 0.2) is 0 Å². The first-order chi connectivity index (χ1) is 8.02. The minimum atomic E-state index is -0.0239. The van der Waals surface area contributed by atoms with Crippen LogP contribution in [0.25, 0.3) is 0 Å². The molecule has 17 heavy (non-hydrogen) atoms. The van der Waals surface area contributed by atoms with E-state index < -0.39 is 0 Å². The number of nitrogens with one attached hydrogen (secondary N) is 2. The lowest BCUT2D eigenvalue weighted by Crippen LogP contribution is -2.30. The van der Waals surface area contributed by atoms with Crippen molar-refractivity contribution in [1.82, 2.24) is 5.32 Å². The Morgan fingerprint density at radius 3 is 2.76 bits per heavy atom. The molecular weight excluding hydrogens is 236 g/mol. The zero-order valence-electron chi connectivity index (χ0n) is 10.5. The molecule has 0 saturated heterocycles. The van der Waals surface area contributed by atoms with E-state index in [-0.39, 0.29) is 11.9 Å². The Morgan fingerprint density at radius 1 is 1.47 bits per heavy atom. The Balaban J connectivity index is 2.56. The largest absolute Gasteiger partial charge is 0.325 e. The molecule has 1 aromatic rings. The van der Waals surface area contributed by atoms with Crippen LogP contribution in [0.5, 0.6) is 0 Å². The van der Waals surface area contributed by atoms with Crippen LogP contribution in [0.15, 0.2) is 18.2 Å². The highest BCUT2D eigenvalue weighted by Gasteiger charge is 2.09. The summed E-state index contributed by atoms with van der Waals surface area (Å²) in [7, 11) is 0. The van der Waals surface area contributed by atoms with Crippen LogP contribution in [0.2, 0.25) is 5.02 Å². The molecule has 0 aromatic heterocycles. The first-order valence-corrected chi connectivity index (χ1v) is 6.20. The molecule has 1 unspecified atom stereocenters. The van der Waals surface area contributed by atoms with Crippen molar-refractivity contribution in [2.24, 2.45) is 0 Å². The normalized spacial score (nSPS) is 12.2. The molecule has 0 bridgehead atoms. The molecule has 0 aliphatic rings. The number of aryl methyl sites for hydroxylation is 1. The molecule has 1 rings (SSSR count). The summed E-state index contributed by atoms with van der Waals surface area (Å²) in [4.78, 5) is 11.7. The van der Waals surface area contributed by atoms with Crippen LogP contribution in [0.3, 0.4) is 0 Å². The van der Waals surface area contributed by atoms with Crippen LogP contribution in [0.4, 0.5) is 5.69 Å². The zero-order chi connectivity index (χ0) is 12.8. The van der Waals surface area contributed by atoms with Crippen molar-refractivity contribution in [3.05, 3.63) is 28.8 Å². The van der Waals surface area contributed by atoms with E-state index >= 15 is 0 Å². The molecule has 0 saturated carbocycles. The van der Waals surface area contributed by atoms with Crippen LogP contribution < -0.4 is 10.6 Å². The fourth-order valence-corrected chi connectivity index (χ4v) is 1.90. The molecule has 0 aliphatic heterocycles. The van der Waals surface area contributed by atoms with Crippen molar-refractivity contribution in [2.75, 3.05) is 11.9 Å². The molecule has 0 radical (unpaired) electrons. The molecule has 0 heterocycles. The molecule has 94 valence electrons. The lowest BCUT2D eigenvalue weighted by Gasteiger charge is -2.13. The third-order valence-electron chi connectivity index (χ3n) is 2.44. The number of hydrogen-bond acceptors (Lipinski definition) is 2. The SMILES string of the molecule is CCNC(C)CC(=O)Nc1ccc(C)cc1Cl. The molecule has 1 aromatic carbocycles. The van der Waals surface area contributed by atoms with E-state index in [0.29, 0.717) is 17.1 Å². The summed E-state index contributed by atoms with van der Waals surface area (Å²) in [5, 5.41) is 6.59. The molecule has 0 fully saturated rings. The number of carbonyl (C=O) groups is 1. The Hall–Kier alpha value is -1.06. The van der Waals surface area contributed by atoms with Crippen LogP contribution in [-0.4, -0.2) is 18.5 Å². The molecule has 2 N–H and O–H groups in total. The lowest BCUT2D eigenvalue weighted by atomic mass is 10.2. The molecule has 3 nitrogen and oxygen atoms in total. The maximum Gasteiger partial charge on any atom is 0.225 e. The summed E-state index contributed by atoms with van der Waals surface area (Å²) in [6.07, 6.45) is 0.443. The third-order valence-corrected chi connectivity index (χ3v) is 2.76. The van der Waals surface area contributed by atoms with E-state index in [4.69, 9.17) is 11.6 Å². The highest BCUT2D eigenvalue weighted by Crippen LogP contribution is 2.22. The number of halogens is 1. The van der Waals surface area contributed by atoms with Gasteiger partial charge in [0.2, 0.25) is 5.91 Å². The predicted octanol–water partition coefficient (Wildman–Crippen LogP) is 2.98. The van der Waals surface area contributed by atoms with Gasteiger partial charge < -0.3 is 10.6 Å². The van der Waals surface area contributed by atoms with Crippen LogP contribution >= 0.6 is 11.6 Å². The second-order valence-electron chi connectivity index (χ2n) is 4.19. The second-order valence-corrected chi connectivity index (χ2v) is 4.60. The van der Waals surface area contributed by atoms with Gasteiger partial charge in [-0.05, 0) is 38.1 Å². The molecular formula is C13H19ClN2O. The number of rotatable bonds is 5. The van der Waals surface area contributed by atoms with Gasteiger partial charge in [-0.15, -0.1) is 0 Å². The number of hydrogen-bond donors (Lipinski definition) is 2. The summed E-state index contributed by atoms with van der Waals surface area (Å²) >= 11 is 6.04. The Labute approximate surface area is 108 Å². The maximum atomic E-state index is 11.7. The van der Waals surface area contributed by atoms with Crippen molar-refractivity contribution in [3.63, 3.8) is 0 Å². The summed E-state index contributed by atoms with van der Waals surface area (Å²) < 4.78 is 0. The Morgan fingerprint density at radius 2 is 2.18 bits per heavy atom. The number of carbonyl (C=O) groups excluding carboxylic acids is 1. The van der Waals surface area contributed by atoms with Crippen LogP contribution in [0, 0.1) is 6.92 Å². The minimum Gasteiger partial charge on any atom is -0.325 e. The second kappa shape index (κ2) is 6.62. The molecule has 0 spiro atoms. The van der Waals surface area contributed by atoms with Crippen LogP contribution in [-0.2, 0) is 4.79 Å². The van der Waals surface area contributed by atoms with Crippen molar-refractivity contribution in [2.45, 2.75) is 33.2 Å². The molecule has 1 amide bonds. The summed E-state index contributed by atoms with van der Waals surface area (Å²) in [6.45, 7) is 6.83. The fraction of sp³-hybridized carbons (Fsp3) is 0.462. The molecule has 0 aliphatic carbocycles. The van der Waals surface area contributed by atoms with E-state index in [1.165, 1.54) is 0 Å². The van der Waals surface area contributed by atoms with Crippen molar-refractivity contribution in [3.8, 4) is 0 Å². The van der Waals surface area contributed by atoms with Crippen molar-refractivity contribution < 1.29 is 4.79 Å². The van der Waals surface area contributed by atoms with Gasteiger partial charge in [-0.2, -0.15) is 0 Å². The van der Waals surface area contributed by atoms with E-state index in [1.54, 1.807) is 0 Å². The molecule has 4 heteroatoms. The highest BCUT2D eigenvalue weighted by atomic mass is 35.5. The van der Waals surface area contributed by atoms with E-state index in [9.17, 15) is 4.79 Å². The van der Waals surface area contributed by atoms with Crippen molar-refractivity contribution >= 4 is 23.2 Å². The van der Waals surface area contributed by atoms with Gasteiger partial charge in [0.1, 0.15) is 0 Å². The Kier molecular flexibility index (Phi) is 5.45. The fourth-order valence-electron chi connectivity index (χ4n) is 1.62. The van der Waals surface area contributed by atoms with Crippen LogP contribution in [0.1, 0.15) is 25.8 Å². The average Bonchev–Trinajstić information content (AvgIpc) is 2.22. The van der Waals surface area contributed by atoms with Crippen molar-refractivity contribution in [1.29, 1.82) is 0 Å². The van der Waals surface area contributed by atoms with Gasteiger partial charge in [0, 0.05) is 12.5 Å². The Bertz CT molecular complexity index is 393. The van der Waals surface area contributed by atoms with E-state index in [0.717, 1.165) is 12.1 Å². The number of benzene rings is 1. The summed E-state index contributed by atoms with van der Waals surface area (Å²) in [5.74, 6) is -0.0239. The zero-order valence-corrected chi connectivity index (χ0v) is 11.3. The highest BCUT2D eigenvalue weighted by molar-refractivity contribution is 6.33. The first kappa shape index (κ1) is 14.0. The van der Waals surface area contributed by atoms with Gasteiger partial charge in [0.25, 0.3) is 0 Å². The average molecular weight is 255 g/mol.